The van der Waals surface area contributed by atoms with Crippen LogP contribution in [0.4, 0.5) is 5.69 Å². The topological polar surface area (TPSA) is 41.1 Å². The first kappa shape index (κ1) is 13.7. The summed E-state index contributed by atoms with van der Waals surface area (Å²) in [5.74, 6) is 0.589. The first-order valence-electron chi connectivity index (χ1n) is 6.21. The SMILES string of the molecule is CCC(C)C(C)NCC(=O)Nc1ccccc1. The second kappa shape index (κ2) is 7.07. The molecule has 0 bridgehead atoms. The van der Waals surface area contributed by atoms with E-state index in [-0.39, 0.29) is 5.91 Å². The molecule has 17 heavy (non-hydrogen) atoms. The molecule has 0 aliphatic rings. The average molecular weight is 234 g/mol. The zero-order valence-electron chi connectivity index (χ0n) is 10.9. The van der Waals surface area contributed by atoms with E-state index in [1.807, 2.05) is 30.3 Å². The number of nitrogens with one attached hydrogen (secondary N) is 2. The molecule has 0 aromatic heterocycles. The smallest absolute Gasteiger partial charge is 0.238 e. The molecule has 3 heteroatoms. The molecular formula is C14H22N2O. The zero-order chi connectivity index (χ0) is 12.7. The quantitative estimate of drug-likeness (QED) is 0.794. The molecule has 0 heterocycles. The van der Waals surface area contributed by atoms with Gasteiger partial charge in [0.05, 0.1) is 6.54 Å². The highest BCUT2D eigenvalue weighted by atomic mass is 16.1. The number of para-hydroxylation sites is 1. The highest BCUT2D eigenvalue weighted by Gasteiger charge is 2.10. The Hall–Kier alpha value is -1.35. The van der Waals surface area contributed by atoms with Crippen LogP contribution in [-0.4, -0.2) is 18.5 Å². The van der Waals surface area contributed by atoms with Crippen molar-refractivity contribution >= 4 is 11.6 Å². The van der Waals surface area contributed by atoms with Gasteiger partial charge in [-0.2, -0.15) is 0 Å². The molecule has 0 aliphatic carbocycles. The fraction of sp³-hybridized carbons (Fsp3) is 0.500. The summed E-state index contributed by atoms with van der Waals surface area (Å²) in [7, 11) is 0. The number of amides is 1. The number of anilines is 1. The Labute approximate surface area is 104 Å². The van der Waals surface area contributed by atoms with Gasteiger partial charge in [0.25, 0.3) is 0 Å². The molecule has 1 aromatic rings. The van der Waals surface area contributed by atoms with Gasteiger partial charge < -0.3 is 10.6 Å². The van der Waals surface area contributed by atoms with Crippen molar-refractivity contribution in [1.29, 1.82) is 0 Å². The van der Waals surface area contributed by atoms with Crippen LogP contribution in [0.25, 0.3) is 0 Å². The van der Waals surface area contributed by atoms with Gasteiger partial charge in [-0.15, -0.1) is 0 Å². The molecule has 2 atom stereocenters. The van der Waals surface area contributed by atoms with Crippen molar-refractivity contribution in [2.24, 2.45) is 5.92 Å². The Morgan fingerprint density at radius 3 is 2.47 bits per heavy atom. The largest absolute Gasteiger partial charge is 0.325 e. The Kier molecular flexibility index (Phi) is 5.70. The van der Waals surface area contributed by atoms with Gasteiger partial charge in [-0.25, -0.2) is 0 Å². The number of hydrogen-bond donors (Lipinski definition) is 2. The fourth-order valence-corrected chi connectivity index (χ4v) is 1.54. The van der Waals surface area contributed by atoms with Crippen LogP contribution in [0.5, 0.6) is 0 Å². The van der Waals surface area contributed by atoms with Crippen LogP contribution in [-0.2, 0) is 4.79 Å². The molecule has 0 fully saturated rings. The lowest BCUT2D eigenvalue weighted by Gasteiger charge is -2.19. The van der Waals surface area contributed by atoms with Crippen LogP contribution in [0.1, 0.15) is 27.2 Å². The third kappa shape index (κ3) is 5.00. The predicted molar refractivity (Wildman–Crippen MR) is 72.0 cm³/mol. The summed E-state index contributed by atoms with van der Waals surface area (Å²) >= 11 is 0. The first-order chi connectivity index (χ1) is 8.13. The predicted octanol–water partition coefficient (Wildman–Crippen LogP) is 2.65. The number of hydrogen-bond acceptors (Lipinski definition) is 2. The third-order valence-corrected chi connectivity index (χ3v) is 3.14. The van der Waals surface area contributed by atoms with Crippen LogP contribution in [0.3, 0.4) is 0 Å². The van der Waals surface area contributed by atoms with Crippen LogP contribution in [0.2, 0.25) is 0 Å². The van der Waals surface area contributed by atoms with E-state index in [0.717, 1.165) is 12.1 Å². The van der Waals surface area contributed by atoms with Gasteiger partial charge >= 0.3 is 0 Å². The molecule has 0 aliphatic heterocycles. The lowest BCUT2D eigenvalue weighted by atomic mass is 10.0. The van der Waals surface area contributed by atoms with E-state index in [9.17, 15) is 4.79 Å². The standard InChI is InChI=1S/C14H22N2O/c1-4-11(2)12(3)15-10-14(17)16-13-8-6-5-7-9-13/h5-9,11-12,15H,4,10H2,1-3H3,(H,16,17). The molecule has 1 amide bonds. The normalized spacial score (nSPS) is 14.1. The summed E-state index contributed by atoms with van der Waals surface area (Å²) in [5, 5.41) is 6.09. The third-order valence-electron chi connectivity index (χ3n) is 3.14. The van der Waals surface area contributed by atoms with E-state index in [1.165, 1.54) is 0 Å². The van der Waals surface area contributed by atoms with Crippen molar-refractivity contribution in [3.05, 3.63) is 30.3 Å². The lowest BCUT2D eigenvalue weighted by molar-refractivity contribution is -0.115. The van der Waals surface area contributed by atoms with E-state index in [1.54, 1.807) is 0 Å². The molecule has 0 radical (unpaired) electrons. The van der Waals surface area contributed by atoms with Gasteiger partial charge in [-0.3, -0.25) is 4.79 Å². The van der Waals surface area contributed by atoms with Gasteiger partial charge in [0.2, 0.25) is 5.91 Å². The number of benzene rings is 1. The van der Waals surface area contributed by atoms with Crippen LogP contribution in [0.15, 0.2) is 30.3 Å². The van der Waals surface area contributed by atoms with Crippen molar-refractivity contribution in [2.75, 3.05) is 11.9 Å². The summed E-state index contributed by atoms with van der Waals surface area (Å²) in [4.78, 5) is 11.7. The summed E-state index contributed by atoms with van der Waals surface area (Å²) in [6.07, 6.45) is 1.12. The van der Waals surface area contributed by atoms with Crippen molar-refractivity contribution in [3.8, 4) is 0 Å². The molecule has 2 N–H and O–H groups in total. The van der Waals surface area contributed by atoms with E-state index in [4.69, 9.17) is 0 Å². The van der Waals surface area contributed by atoms with E-state index >= 15 is 0 Å². The Bertz CT molecular complexity index is 337. The van der Waals surface area contributed by atoms with E-state index in [0.29, 0.717) is 18.5 Å². The van der Waals surface area contributed by atoms with Gasteiger partial charge in [0.15, 0.2) is 0 Å². The summed E-state index contributed by atoms with van der Waals surface area (Å²) < 4.78 is 0. The molecule has 1 aromatic carbocycles. The van der Waals surface area contributed by atoms with Gasteiger partial charge in [0, 0.05) is 11.7 Å². The van der Waals surface area contributed by atoms with Crippen molar-refractivity contribution in [2.45, 2.75) is 33.2 Å². The Morgan fingerprint density at radius 1 is 1.24 bits per heavy atom. The summed E-state index contributed by atoms with van der Waals surface area (Å²) in [6.45, 7) is 6.82. The van der Waals surface area contributed by atoms with Gasteiger partial charge in [0.1, 0.15) is 0 Å². The second-order valence-electron chi connectivity index (χ2n) is 4.47. The van der Waals surface area contributed by atoms with E-state index in [2.05, 4.69) is 31.4 Å². The number of carbonyl (C=O) groups excluding carboxylic acids is 1. The minimum atomic E-state index is 0.00588. The molecule has 1 rings (SSSR count). The molecule has 3 nitrogen and oxygen atoms in total. The molecule has 94 valence electrons. The summed E-state index contributed by atoms with van der Waals surface area (Å²) in [6, 6.07) is 9.88. The first-order valence-corrected chi connectivity index (χ1v) is 6.21. The van der Waals surface area contributed by atoms with Gasteiger partial charge in [-0.1, -0.05) is 38.5 Å². The molecule has 0 saturated heterocycles. The molecule has 0 saturated carbocycles. The maximum atomic E-state index is 11.7. The minimum Gasteiger partial charge on any atom is -0.325 e. The maximum Gasteiger partial charge on any atom is 0.238 e. The second-order valence-corrected chi connectivity index (χ2v) is 4.47. The monoisotopic (exact) mass is 234 g/mol. The van der Waals surface area contributed by atoms with Crippen LogP contribution in [0, 0.1) is 5.92 Å². The van der Waals surface area contributed by atoms with Crippen molar-refractivity contribution in [3.63, 3.8) is 0 Å². The van der Waals surface area contributed by atoms with Crippen molar-refractivity contribution < 1.29 is 4.79 Å². The lowest BCUT2D eigenvalue weighted by Crippen LogP contribution is -2.37. The van der Waals surface area contributed by atoms with Crippen LogP contribution < -0.4 is 10.6 Å². The average Bonchev–Trinajstić information content (AvgIpc) is 2.36. The molecular weight excluding hydrogens is 212 g/mol. The highest BCUT2D eigenvalue weighted by Crippen LogP contribution is 2.07. The Balaban J connectivity index is 2.31. The summed E-state index contributed by atoms with van der Waals surface area (Å²) in [5.41, 5.74) is 0.843. The molecule has 0 spiro atoms. The Morgan fingerprint density at radius 2 is 1.88 bits per heavy atom. The van der Waals surface area contributed by atoms with Crippen LogP contribution >= 0.6 is 0 Å². The molecule has 2 unspecified atom stereocenters. The minimum absolute atomic E-state index is 0.00588. The highest BCUT2D eigenvalue weighted by molar-refractivity contribution is 5.92. The maximum absolute atomic E-state index is 11.7. The number of carbonyl (C=O) groups is 1. The van der Waals surface area contributed by atoms with Crippen molar-refractivity contribution in [1.82, 2.24) is 5.32 Å². The zero-order valence-corrected chi connectivity index (χ0v) is 10.9. The number of rotatable bonds is 6. The fourth-order valence-electron chi connectivity index (χ4n) is 1.54. The van der Waals surface area contributed by atoms with Gasteiger partial charge in [-0.05, 0) is 25.0 Å². The van der Waals surface area contributed by atoms with E-state index < -0.39 is 0 Å².